The van der Waals surface area contributed by atoms with Crippen molar-refractivity contribution in [3.8, 4) is 0 Å². The van der Waals surface area contributed by atoms with E-state index in [1.807, 2.05) is 0 Å². The van der Waals surface area contributed by atoms with Gasteiger partial charge in [-0.3, -0.25) is 4.90 Å². The summed E-state index contributed by atoms with van der Waals surface area (Å²) in [6.07, 6.45) is 21.4. The lowest BCUT2D eigenvalue weighted by Gasteiger charge is -2.27. The van der Waals surface area contributed by atoms with Crippen LogP contribution in [0.4, 0.5) is 0 Å². The van der Waals surface area contributed by atoms with Crippen LogP contribution in [0.2, 0.25) is 0 Å². The first-order chi connectivity index (χ1) is 17.1. The molecule has 0 rings (SSSR count). The molecular weight excluding hydrogens is 438 g/mol. The number of nitrogens with zero attached hydrogens (tertiary/aromatic N) is 1. The maximum absolute atomic E-state index is 10.5. The minimum Gasteiger partial charge on any atom is -0.389 e. The summed E-state index contributed by atoms with van der Waals surface area (Å²) >= 11 is 0. The standard InChI is InChI=1S/C30H63NO4/c1-4-7-10-13-16-19-22-31(25-29(32)27-34-23-20-17-14-11-8-5-2)26-30(33)28-35-24-21-18-15-12-9-6-3/h29-30,32-33H,4-28H2,1-3H3. The van der Waals surface area contributed by atoms with Gasteiger partial charge >= 0.3 is 0 Å². The second-order valence-electron chi connectivity index (χ2n) is 10.5. The van der Waals surface area contributed by atoms with Crippen LogP contribution in [-0.4, -0.2) is 73.4 Å². The monoisotopic (exact) mass is 501 g/mol. The van der Waals surface area contributed by atoms with Gasteiger partial charge in [-0.25, -0.2) is 0 Å². The predicted molar refractivity (Wildman–Crippen MR) is 150 cm³/mol. The smallest absolute Gasteiger partial charge is 0.0900 e. The summed E-state index contributed by atoms with van der Waals surface area (Å²) < 4.78 is 11.5. The fraction of sp³-hybridized carbons (Fsp3) is 1.00. The number of rotatable bonds is 29. The third kappa shape index (κ3) is 26.7. The Morgan fingerprint density at radius 1 is 0.486 bits per heavy atom. The van der Waals surface area contributed by atoms with Gasteiger partial charge in [-0.2, -0.15) is 0 Å². The molecule has 0 heterocycles. The molecule has 5 nitrogen and oxygen atoms in total. The van der Waals surface area contributed by atoms with Crippen molar-refractivity contribution in [2.75, 3.05) is 46.1 Å². The highest BCUT2D eigenvalue weighted by Crippen LogP contribution is 2.09. The van der Waals surface area contributed by atoms with Crippen molar-refractivity contribution in [3.05, 3.63) is 0 Å². The van der Waals surface area contributed by atoms with Crippen LogP contribution >= 0.6 is 0 Å². The van der Waals surface area contributed by atoms with Crippen LogP contribution in [0.25, 0.3) is 0 Å². The van der Waals surface area contributed by atoms with Gasteiger partial charge < -0.3 is 19.7 Å². The Labute approximate surface area is 219 Å². The molecule has 0 radical (unpaired) electrons. The lowest BCUT2D eigenvalue weighted by molar-refractivity contribution is -0.0113. The summed E-state index contributed by atoms with van der Waals surface area (Å²) in [5.74, 6) is 0. The lowest BCUT2D eigenvalue weighted by Crippen LogP contribution is -2.41. The molecule has 0 spiro atoms. The molecule has 0 amide bonds. The van der Waals surface area contributed by atoms with Crippen molar-refractivity contribution in [1.82, 2.24) is 4.90 Å². The average molecular weight is 502 g/mol. The maximum Gasteiger partial charge on any atom is 0.0900 e. The fourth-order valence-corrected chi connectivity index (χ4v) is 4.48. The Hall–Kier alpha value is -0.200. The second kappa shape index (κ2) is 28.4. The van der Waals surface area contributed by atoms with E-state index in [2.05, 4.69) is 25.7 Å². The summed E-state index contributed by atoms with van der Waals surface area (Å²) in [6.45, 7) is 11.0. The van der Waals surface area contributed by atoms with Gasteiger partial charge in [-0.15, -0.1) is 0 Å². The highest BCUT2D eigenvalue weighted by atomic mass is 16.5. The molecule has 2 atom stereocenters. The third-order valence-corrected chi connectivity index (χ3v) is 6.67. The van der Waals surface area contributed by atoms with Crippen LogP contribution in [0.3, 0.4) is 0 Å². The van der Waals surface area contributed by atoms with Gasteiger partial charge in [0.25, 0.3) is 0 Å². The molecule has 35 heavy (non-hydrogen) atoms. The summed E-state index contributed by atoms with van der Waals surface area (Å²) in [6, 6.07) is 0. The average Bonchev–Trinajstić information content (AvgIpc) is 2.84. The third-order valence-electron chi connectivity index (χ3n) is 6.67. The lowest BCUT2D eigenvalue weighted by atomic mass is 10.1. The van der Waals surface area contributed by atoms with Gasteiger partial charge in [-0.1, -0.05) is 117 Å². The Morgan fingerprint density at radius 3 is 1.23 bits per heavy atom. The van der Waals surface area contributed by atoms with Crippen LogP contribution in [0.5, 0.6) is 0 Å². The molecule has 2 unspecified atom stereocenters. The Bertz CT molecular complexity index is 369. The molecule has 0 saturated heterocycles. The van der Waals surface area contributed by atoms with Crippen molar-refractivity contribution >= 4 is 0 Å². The van der Waals surface area contributed by atoms with Gasteiger partial charge in [0, 0.05) is 26.3 Å². The molecule has 0 aliphatic carbocycles. The first-order valence-corrected chi connectivity index (χ1v) is 15.4. The van der Waals surface area contributed by atoms with Gasteiger partial charge in [0.2, 0.25) is 0 Å². The Morgan fingerprint density at radius 2 is 0.829 bits per heavy atom. The minimum absolute atomic E-state index is 0.382. The zero-order chi connectivity index (χ0) is 25.8. The fourth-order valence-electron chi connectivity index (χ4n) is 4.48. The van der Waals surface area contributed by atoms with Gasteiger partial charge in [-0.05, 0) is 25.8 Å². The molecule has 5 heteroatoms. The van der Waals surface area contributed by atoms with Crippen molar-refractivity contribution in [1.29, 1.82) is 0 Å². The summed E-state index contributed by atoms with van der Waals surface area (Å²) in [7, 11) is 0. The molecule has 0 fully saturated rings. The van der Waals surface area contributed by atoms with Gasteiger partial charge in [0.15, 0.2) is 0 Å². The van der Waals surface area contributed by atoms with Gasteiger partial charge in [0.05, 0.1) is 25.4 Å². The van der Waals surface area contributed by atoms with E-state index in [9.17, 15) is 10.2 Å². The number of ether oxygens (including phenoxy) is 2. The highest BCUT2D eigenvalue weighted by molar-refractivity contribution is 4.69. The number of hydrogen-bond donors (Lipinski definition) is 2. The van der Waals surface area contributed by atoms with E-state index in [0.29, 0.717) is 26.3 Å². The van der Waals surface area contributed by atoms with E-state index in [1.165, 1.54) is 96.3 Å². The van der Waals surface area contributed by atoms with Gasteiger partial charge in [0.1, 0.15) is 0 Å². The predicted octanol–water partition coefficient (Wildman–Crippen LogP) is 7.12. The van der Waals surface area contributed by atoms with Crippen LogP contribution < -0.4 is 0 Å². The van der Waals surface area contributed by atoms with E-state index in [-0.39, 0.29) is 0 Å². The van der Waals surface area contributed by atoms with Crippen molar-refractivity contribution in [2.24, 2.45) is 0 Å². The van der Waals surface area contributed by atoms with Crippen LogP contribution in [0, 0.1) is 0 Å². The largest absolute Gasteiger partial charge is 0.389 e. The maximum atomic E-state index is 10.5. The van der Waals surface area contributed by atoms with E-state index in [0.717, 1.165) is 39.0 Å². The molecule has 0 aliphatic heterocycles. The van der Waals surface area contributed by atoms with E-state index in [1.54, 1.807) is 0 Å². The highest BCUT2D eigenvalue weighted by Gasteiger charge is 2.16. The first kappa shape index (κ1) is 34.8. The molecule has 0 saturated carbocycles. The first-order valence-electron chi connectivity index (χ1n) is 15.4. The number of unbranched alkanes of at least 4 members (excludes halogenated alkanes) is 15. The number of hydrogen-bond acceptors (Lipinski definition) is 5. The van der Waals surface area contributed by atoms with E-state index in [4.69, 9.17) is 9.47 Å². The zero-order valence-electron chi connectivity index (χ0n) is 24.0. The SMILES string of the molecule is CCCCCCCCOCC(O)CN(CCCCCCCC)CC(O)COCCCCCCCC. The Balaban J connectivity index is 4.14. The summed E-state index contributed by atoms with van der Waals surface area (Å²) in [4.78, 5) is 2.21. The van der Waals surface area contributed by atoms with Crippen LogP contribution in [0.15, 0.2) is 0 Å². The molecule has 0 bridgehead atoms. The summed E-state index contributed by atoms with van der Waals surface area (Å²) in [5.41, 5.74) is 0. The molecule has 2 N–H and O–H groups in total. The molecule has 0 aromatic heterocycles. The van der Waals surface area contributed by atoms with Crippen LogP contribution in [-0.2, 0) is 9.47 Å². The quantitative estimate of drug-likeness (QED) is 0.107. The van der Waals surface area contributed by atoms with E-state index >= 15 is 0 Å². The second-order valence-corrected chi connectivity index (χ2v) is 10.5. The molecule has 0 aliphatic rings. The van der Waals surface area contributed by atoms with Crippen LogP contribution in [0.1, 0.15) is 136 Å². The molecular formula is C30H63NO4. The minimum atomic E-state index is -0.508. The molecule has 212 valence electrons. The van der Waals surface area contributed by atoms with Crippen molar-refractivity contribution in [2.45, 2.75) is 149 Å². The zero-order valence-corrected chi connectivity index (χ0v) is 24.0. The molecule has 0 aromatic carbocycles. The Kier molecular flexibility index (Phi) is 28.2. The normalized spacial score (nSPS) is 13.5. The number of aliphatic hydroxyl groups is 2. The van der Waals surface area contributed by atoms with Crippen molar-refractivity contribution < 1.29 is 19.7 Å². The summed E-state index contributed by atoms with van der Waals surface area (Å²) in [5, 5.41) is 21.1. The number of aliphatic hydroxyl groups excluding tert-OH is 2. The topological polar surface area (TPSA) is 62.2 Å². The molecule has 0 aromatic rings. The van der Waals surface area contributed by atoms with E-state index < -0.39 is 12.2 Å². The van der Waals surface area contributed by atoms with Crippen molar-refractivity contribution in [3.63, 3.8) is 0 Å².